The van der Waals surface area contributed by atoms with E-state index in [1.54, 1.807) is 3.88 Å². The monoisotopic (exact) mass is 498 g/mol. The number of hydrogen-bond acceptors (Lipinski definition) is 2. The molecule has 1 atom stereocenters. The van der Waals surface area contributed by atoms with Gasteiger partial charge in [-0.1, -0.05) is 0 Å². The van der Waals surface area contributed by atoms with Crippen LogP contribution in [-0.4, -0.2) is 25.7 Å². The molecule has 0 saturated carbocycles. The van der Waals surface area contributed by atoms with Crippen LogP contribution in [0.2, 0.25) is 18.1 Å². The maximum absolute atomic E-state index is 6.80. The Kier molecular flexibility index (Phi) is 11.0. The van der Waals surface area contributed by atoms with Gasteiger partial charge in [-0.15, -0.1) is 24.8 Å². The second-order valence-electron chi connectivity index (χ2n) is 8.85. The van der Waals surface area contributed by atoms with Crippen LogP contribution in [0.3, 0.4) is 0 Å². The number of benzene rings is 1. The first kappa shape index (κ1) is 28.1. The van der Waals surface area contributed by atoms with Crippen molar-refractivity contribution in [2.45, 2.75) is 53.1 Å². The minimum atomic E-state index is -1.86. The van der Waals surface area contributed by atoms with Crippen molar-refractivity contribution >= 4 is 43.1 Å². The predicted octanol–water partition coefficient (Wildman–Crippen LogP) is 6.75. The Morgan fingerprint density at radius 3 is 2.14 bits per heavy atom. The van der Waals surface area contributed by atoms with Crippen LogP contribution in [0.1, 0.15) is 40.2 Å². The molecule has 159 valence electrons. The third-order valence-corrected chi connectivity index (χ3v) is 15.6. The van der Waals surface area contributed by atoms with E-state index < -0.39 is 24.2 Å². The number of likely N-dealkylation sites (N-methyl/N-ethyl adjacent to an activating group) is 1. The third-order valence-electron chi connectivity index (χ3n) is 4.99. The molecule has 0 spiro atoms. The molecule has 1 unspecified atom stereocenters. The van der Waals surface area contributed by atoms with E-state index in [-0.39, 0.29) is 30.2 Å². The molecule has 0 fully saturated rings. The van der Waals surface area contributed by atoms with Gasteiger partial charge in [0.25, 0.3) is 0 Å². The fraction of sp³-hybridized carbons (Fsp3) is 0.524. The van der Waals surface area contributed by atoms with E-state index in [4.69, 9.17) is 14.9 Å². The van der Waals surface area contributed by atoms with E-state index in [1.807, 2.05) is 6.07 Å². The van der Waals surface area contributed by atoms with E-state index in [1.165, 1.54) is 16.8 Å². The van der Waals surface area contributed by atoms with Crippen molar-refractivity contribution in [2.75, 3.05) is 14.1 Å². The summed E-state index contributed by atoms with van der Waals surface area (Å²) in [4.78, 5) is 2.26. The van der Waals surface area contributed by atoms with Crippen LogP contribution in [0.25, 0.3) is 0 Å². The molecule has 2 rings (SSSR count). The standard InChI is InChI=1S/C10H13ClO.C9H14N.C2H7Si.2ClH.Ti/c1-10(2,3)7-4-8(11)6-9(12)5-7;1-7-5-9(10(3)4)6-8(7)2;1-3-2;;;/h4-6,12H,1-3H3;5,8H,1-4H3;3H,1-2H3;2*1H;/q;;;;;+1/p-1. The first-order chi connectivity index (χ1) is 11.9. The first-order valence-electron chi connectivity index (χ1n) is 9.37. The van der Waals surface area contributed by atoms with Crippen LogP contribution >= 0.6 is 36.4 Å². The van der Waals surface area contributed by atoms with E-state index >= 15 is 0 Å². The molecule has 7 heteroatoms. The zero-order valence-corrected chi connectivity index (χ0v) is 23.6. The van der Waals surface area contributed by atoms with Crippen molar-refractivity contribution in [2.24, 2.45) is 5.92 Å². The summed E-state index contributed by atoms with van der Waals surface area (Å²) >= 11 is 4.57. The molecule has 1 aromatic rings. The van der Waals surface area contributed by atoms with Gasteiger partial charge in [-0.25, -0.2) is 0 Å². The summed E-state index contributed by atoms with van der Waals surface area (Å²) < 4.78 is 8.39. The average molecular weight is 500 g/mol. The Bertz CT molecular complexity index is 742. The van der Waals surface area contributed by atoms with Gasteiger partial charge in [0.15, 0.2) is 0 Å². The van der Waals surface area contributed by atoms with E-state index in [9.17, 15) is 0 Å². The molecular weight excluding hydrogens is 465 g/mol. The zero-order chi connectivity index (χ0) is 19.8. The number of hydrogen-bond donors (Lipinski definition) is 0. The molecule has 0 saturated heterocycles. The molecule has 0 aromatic heterocycles. The molecule has 1 aliphatic carbocycles. The van der Waals surface area contributed by atoms with E-state index in [0.29, 0.717) is 5.92 Å². The van der Waals surface area contributed by atoms with E-state index in [0.717, 1.165) is 10.8 Å². The van der Waals surface area contributed by atoms with Crippen molar-refractivity contribution < 1.29 is 20.8 Å². The van der Waals surface area contributed by atoms with Crippen LogP contribution in [-0.2, 0) is 22.9 Å². The quantitative estimate of drug-likeness (QED) is 0.416. The van der Waals surface area contributed by atoms with Crippen molar-refractivity contribution in [1.29, 1.82) is 0 Å². The Balaban J connectivity index is 0.00000364. The Morgan fingerprint density at radius 2 is 1.68 bits per heavy atom. The molecule has 0 radical (unpaired) electrons. The van der Waals surface area contributed by atoms with Crippen molar-refractivity contribution in [3.63, 3.8) is 0 Å². The first-order valence-corrected chi connectivity index (χ1v) is 16.8. The second-order valence-corrected chi connectivity index (χ2v) is 21.5. The van der Waals surface area contributed by atoms with Gasteiger partial charge in [-0.2, -0.15) is 0 Å². The Labute approximate surface area is 196 Å². The van der Waals surface area contributed by atoms with Gasteiger partial charge in [-0.3, -0.25) is 0 Å². The van der Waals surface area contributed by atoms with Gasteiger partial charge in [0.2, 0.25) is 0 Å². The zero-order valence-electron chi connectivity index (χ0n) is 18.5. The fourth-order valence-electron chi connectivity index (χ4n) is 3.24. The van der Waals surface area contributed by atoms with Crippen LogP contribution in [0.5, 0.6) is 5.75 Å². The molecule has 0 N–H and O–H groups in total. The number of rotatable bonds is 5. The summed E-state index contributed by atoms with van der Waals surface area (Å²) in [6.07, 6.45) is 2.35. The molecule has 0 bridgehead atoms. The smallest absolute Gasteiger partial charge is 0.147 e. The minimum Gasteiger partial charge on any atom is -0.147 e. The summed E-state index contributed by atoms with van der Waals surface area (Å²) in [7, 11) is 4.29. The summed E-state index contributed by atoms with van der Waals surface area (Å²) in [6.45, 7) is 15.2. The largest absolute Gasteiger partial charge is 0.147 e. The van der Waals surface area contributed by atoms with Crippen LogP contribution in [0.15, 0.2) is 39.4 Å². The molecule has 0 heterocycles. The van der Waals surface area contributed by atoms with Crippen molar-refractivity contribution in [3.05, 3.63) is 50.0 Å². The SMILES string of the molecule is CC1=CC(N(C)C)=[C]([Ti]([O]c2cc(Cl)cc(C(C)(C)C)c2)[SiH](C)C)C1C.Cl.Cl. The minimum absolute atomic E-state index is 0. The normalized spacial score (nSPS) is 16.4. The van der Waals surface area contributed by atoms with Crippen LogP contribution in [0, 0.1) is 5.92 Å². The molecule has 0 amide bonds. The number of halogens is 3. The van der Waals surface area contributed by atoms with Gasteiger partial charge >= 0.3 is 173 Å². The topological polar surface area (TPSA) is 12.5 Å². The molecule has 28 heavy (non-hydrogen) atoms. The molecule has 1 aromatic carbocycles. The average Bonchev–Trinajstić information content (AvgIpc) is 2.79. The van der Waals surface area contributed by atoms with E-state index in [2.05, 4.69) is 84.9 Å². The van der Waals surface area contributed by atoms with Gasteiger partial charge in [0.05, 0.1) is 0 Å². The third kappa shape index (κ3) is 6.55. The van der Waals surface area contributed by atoms with Crippen LogP contribution < -0.4 is 3.32 Å². The van der Waals surface area contributed by atoms with Crippen molar-refractivity contribution in [3.8, 4) is 5.75 Å². The molecule has 2 nitrogen and oxygen atoms in total. The van der Waals surface area contributed by atoms with Gasteiger partial charge in [0, 0.05) is 0 Å². The summed E-state index contributed by atoms with van der Waals surface area (Å²) in [6, 6.07) is 6.26. The molecule has 0 aliphatic heterocycles. The van der Waals surface area contributed by atoms with Gasteiger partial charge in [-0.05, 0) is 0 Å². The fourth-order valence-corrected chi connectivity index (χ4v) is 13.2. The summed E-state index contributed by atoms with van der Waals surface area (Å²) in [5.41, 5.74) is 4.13. The van der Waals surface area contributed by atoms with Crippen molar-refractivity contribution in [1.82, 2.24) is 4.90 Å². The summed E-state index contributed by atoms with van der Waals surface area (Å²) in [5, 5.41) is 0.769. The maximum atomic E-state index is 6.80. The second kappa shape index (κ2) is 10.9. The molecule has 1 aliphatic rings. The number of allylic oxidation sites excluding steroid dienone is 3. The van der Waals surface area contributed by atoms with Crippen LogP contribution in [0.4, 0.5) is 0 Å². The molecular formula is C21H35Cl3NOSiTi. The predicted molar refractivity (Wildman–Crippen MR) is 128 cm³/mol. The number of nitrogens with zero attached hydrogens (tertiary/aromatic N) is 1. The van der Waals surface area contributed by atoms with Gasteiger partial charge in [0.1, 0.15) is 0 Å². The van der Waals surface area contributed by atoms with Gasteiger partial charge < -0.3 is 0 Å². The maximum Gasteiger partial charge on any atom is -0.147 e. The Morgan fingerprint density at radius 1 is 1.11 bits per heavy atom. The summed E-state index contributed by atoms with van der Waals surface area (Å²) in [5.74, 6) is 1.46. The Hall–Kier alpha value is 0.101.